The maximum atomic E-state index is 12.5. The number of amides is 1. The maximum Gasteiger partial charge on any atom is 0.231 e. The van der Waals surface area contributed by atoms with Crippen LogP contribution < -0.4 is 4.90 Å². The molecule has 2 rings (SSSR count). The molecule has 5 heteroatoms. The number of hydrogen-bond donors (Lipinski definition) is 0. The summed E-state index contributed by atoms with van der Waals surface area (Å²) in [5, 5.41) is 0. The van der Waals surface area contributed by atoms with E-state index in [0.717, 1.165) is 27.5 Å². The predicted octanol–water partition coefficient (Wildman–Crippen LogP) is 3.86. The fourth-order valence-electron chi connectivity index (χ4n) is 1.92. The molecule has 1 atom stereocenters. The van der Waals surface area contributed by atoms with Crippen LogP contribution in [0, 0.1) is 5.92 Å². The molecule has 1 amide bonds. The number of carbonyl (C=O) groups excluding carboxylic acids is 1. The Labute approximate surface area is 131 Å². The molecule has 1 saturated carbocycles. The lowest BCUT2D eigenvalue weighted by atomic mass is 10.2. The summed E-state index contributed by atoms with van der Waals surface area (Å²) in [6.07, 6.45) is 2.08. The van der Waals surface area contributed by atoms with Crippen molar-refractivity contribution in [3.8, 4) is 0 Å². The van der Waals surface area contributed by atoms with E-state index in [2.05, 4.69) is 43.7 Å². The minimum Gasteiger partial charge on any atom is -0.296 e. The summed E-state index contributed by atoms with van der Waals surface area (Å²) in [7, 11) is 3.98. The van der Waals surface area contributed by atoms with Gasteiger partial charge in [0, 0.05) is 20.6 Å². The number of rotatable bonds is 4. The Kier molecular flexibility index (Phi) is 4.69. The summed E-state index contributed by atoms with van der Waals surface area (Å²) in [6.45, 7) is 2.05. The molecule has 19 heavy (non-hydrogen) atoms. The minimum atomic E-state index is 0.0428. The molecular formula is C14H18Br2N2O. The van der Waals surface area contributed by atoms with Gasteiger partial charge in [-0.3, -0.25) is 14.6 Å². The molecule has 1 aliphatic rings. The number of benzene rings is 1. The standard InChI is InChI=1S/C14H18Br2N2O/c1-9(17(2)3)18(14(19)10-4-5-10)11-6-7-12(15)13(16)8-11/h6-10H,4-5H2,1-3H3. The van der Waals surface area contributed by atoms with Crippen LogP contribution >= 0.6 is 31.9 Å². The van der Waals surface area contributed by atoms with E-state index in [1.807, 2.05) is 37.2 Å². The number of nitrogens with zero attached hydrogens (tertiary/aromatic N) is 2. The number of hydrogen-bond acceptors (Lipinski definition) is 2. The van der Waals surface area contributed by atoms with Crippen LogP contribution in [0.25, 0.3) is 0 Å². The fourth-order valence-corrected chi connectivity index (χ4v) is 2.53. The Bertz CT molecular complexity index is 486. The summed E-state index contributed by atoms with van der Waals surface area (Å²) in [6, 6.07) is 5.94. The van der Waals surface area contributed by atoms with Gasteiger partial charge in [-0.05, 0) is 83.9 Å². The molecule has 0 N–H and O–H groups in total. The molecule has 0 radical (unpaired) electrons. The van der Waals surface area contributed by atoms with Gasteiger partial charge in [0.15, 0.2) is 0 Å². The second-order valence-corrected chi connectivity index (χ2v) is 6.89. The molecule has 1 unspecified atom stereocenters. The van der Waals surface area contributed by atoms with E-state index in [9.17, 15) is 4.79 Å². The van der Waals surface area contributed by atoms with E-state index in [4.69, 9.17) is 0 Å². The van der Waals surface area contributed by atoms with E-state index >= 15 is 0 Å². The summed E-state index contributed by atoms with van der Waals surface area (Å²) in [5.74, 6) is 0.445. The third kappa shape index (κ3) is 3.38. The molecule has 3 nitrogen and oxygen atoms in total. The van der Waals surface area contributed by atoms with Gasteiger partial charge in [-0.1, -0.05) is 0 Å². The highest BCUT2D eigenvalue weighted by atomic mass is 79.9. The first-order valence-electron chi connectivity index (χ1n) is 6.36. The summed E-state index contributed by atoms with van der Waals surface area (Å²) >= 11 is 6.97. The van der Waals surface area contributed by atoms with E-state index in [1.54, 1.807) is 0 Å². The molecule has 0 bridgehead atoms. The van der Waals surface area contributed by atoms with Gasteiger partial charge in [-0.2, -0.15) is 0 Å². The average molecular weight is 390 g/mol. The van der Waals surface area contributed by atoms with Gasteiger partial charge in [-0.15, -0.1) is 0 Å². The summed E-state index contributed by atoms with van der Waals surface area (Å²) in [5.41, 5.74) is 0.938. The van der Waals surface area contributed by atoms with Crippen LogP contribution in [0.5, 0.6) is 0 Å². The Morgan fingerprint density at radius 1 is 1.26 bits per heavy atom. The van der Waals surface area contributed by atoms with Crippen molar-refractivity contribution in [3.63, 3.8) is 0 Å². The number of carbonyl (C=O) groups is 1. The zero-order valence-corrected chi connectivity index (χ0v) is 14.5. The summed E-state index contributed by atoms with van der Waals surface area (Å²) < 4.78 is 1.96. The van der Waals surface area contributed by atoms with Crippen LogP contribution in [-0.2, 0) is 4.79 Å². The Morgan fingerprint density at radius 2 is 1.89 bits per heavy atom. The average Bonchev–Trinajstić information content (AvgIpc) is 3.17. The lowest BCUT2D eigenvalue weighted by Crippen LogP contribution is -2.47. The van der Waals surface area contributed by atoms with Gasteiger partial charge in [0.1, 0.15) is 0 Å². The monoisotopic (exact) mass is 388 g/mol. The van der Waals surface area contributed by atoms with Crippen molar-refractivity contribution in [3.05, 3.63) is 27.1 Å². The van der Waals surface area contributed by atoms with E-state index < -0.39 is 0 Å². The first kappa shape index (κ1) is 15.0. The Hall–Kier alpha value is -0.390. The molecule has 104 valence electrons. The molecule has 1 aliphatic carbocycles. The van der Waals surface area contributed by atoms with Gasteiger partial charge in [-0.25, -0.2) is 0 Å². The highest BCUT2D eigenvalue weighted by Crippen LogP contribution is 2.35. The van der Waals surface area contributed by atoms with Gasteiger partial charge in [0.2, 0.25) is 5.91 Å². The normalized spacial score (nSPS) is 16.5. The van der Waals surface area contributed by atoms with Crippen molar-refractivity contribution in [2.24, 2.45) is 5.92 Å². The SMILES string of the molecule is CC(N(C)C)N(C(=O)C1CC1)c1ccc(Br)c(Br)c1. The van der Waals surface area contributed by atoms with Crippen LogP contribution in [0.1, 0.15) is 19.8 Å². The fraction of sp³-hybridized carbons (Fsp3) is 0.500. The topological polar surface area (TPSA) is 23.6 Å². The van der Waals surface area contributed by atoms with Crippen molar-refractivity contribution in [1.29, 1.82) is 0 Å². The zero-order chi connectivity index (χ0) is 14.2. The van der Waals surface area contributed by atoms with Crippen molar-refractivity contribution >= 4 is 43.5 Å². The second-order valence-electron chi connectivity index (χ2n) is 5.18. The predicted molar refractivity (Wildman–Crippen MR) is 85.2 cm³/mol. The van der Waals surface area contributed by atoms with E-state index in [1.165, 1.54) is 0 Å². The van der Waals surface area contributed by atoms with E-state index in [0.29, 0.717) is 0 Å². The molecule has 0 saturated heterocycles. The van der Waals surface area contributed by atoms with Crippen molar-refractivity contribution in [1.82, 2.24) is 4.90 Å². The molecule has 0 heterocycles. The Balaban J connectivity index is 2.35. The highest BCUT2D eigenvalue weighted by molar-refractivity contribution is 9.13. The van der Waals surface area contributed by atoms with E-state index in [-0.39, 0.29) is 18.0 Å². The highest BCUT2D eigenvalue weighted by Gasteiger charge is 2.36. The first-order chi connectivity index (χ1) is 8.91. The number of halogens is 2. The Morgan fingerprint density at radius 3 is 2.37 bits per heavy atom. The molecule has 1 aromatic rings. The molecule has 1 fully saturated rings. The molecule has 0 aromatic heterocycles. The third-order valence-corrected chi connectivity index (χ3v) is 5.35. The smallest absolute Gasteiger partial charge is 0.231 e. The van der Waals surface area contributed by atoms with Crippen LogP contribution in [0.15, 0.2) is 27.1 Å². The van der Waals surface area contributed by atoms with Crippen LogP contribution in [0.3, 0.4) is 0 Å². The molecule has 0 aliphatic heterocycles. The minimum absolute atomic E-state index is 0.0428. The van der Waals surface area contributed by atoms with Crippen LogP contribution in [0.4, 0.5) is 5.69 Å². The van der Waals surface area contributed by atoms with Gasteiger partial charge in [0.05, 0.1) is 6.17 Å². The first-order valence-corrected chi connectivity index (χ1v) is 7.95. The third-order valence-electron chi connectivity index (χ3n) is 3.47. The number of anilines is 1. The molecule has 1 aromatic carbocycles. The van der Waals surface area contributed by atoms with Crippen molar-refractivity contribution in [2.75, 3.05) is 19.0 Å². The van der Waals surface area contributed by atoms with Gasteiger partial charge in [0.25, 0.3) is 0 Å². The lowest BCUT2D eigenvalue weighted by Gasteiger charge is -2.34. The quantitative estimate of drug-likeness (QED) is 0.730. The lowest BCUT2D eigenvalue weighted by molar-refractivity contribution is -0.120. The van der Waals surface area contributed by atoms with Gasteiger partial charge >= 0.3 is 0 Å². The second kappa shape index (κ2) is 5.94. The summed E-state index contributed by atoms with van der Waals surface area (Å²) in [4.78, 5) is 16.5. The maximum absolute atomic E-state index is 12.5. The van der Waals surface area contributed by atoms with Gasteiger partial charge < -0.3 is 0 Å². The molecular weight excluding hydrogens is 372 g/mol. The van der Waals surface area contributed by atoms with Crippen LogP contribution in [-0.4, -0.2) is 31.1 Å². The van der Waals surface area contributed by atoms with Crippen LogP contribution in [0.2, 0.25) is 0 Å². The zero-order valence-electron chi connectivity index (χ0n) is 11.4. The van der Waals surface area contributed by atoms with Crippen molar-refractivity contribution < 1.29 is 4.79 Å². The van der Waals surface area contributed by atoms with Crippen molar-refractivity contribution in [2.45, 2.75) is 25.9 Å². The largest absolute Gasteiger partial charge is 0.296 e. The molecule has 0 spiro atoms.